The third-order valence-electron chi connectivity index (χ3n) is 14.4. The number of ether oxygens (including phenoxy) is 2. The smallest absolute Gasteiger partial charge is 0.254 e. The molecule has 4 amide bonds. The summed E-state index contributed by atoms with van der Waals surface area (Å²) in [6, 6.07) is 16.5. The van der Waals surface area contributed by atoms with Crippen molar-refractivity contribution in [2.45, 2.75) is 131 Å². The number of fused-ring (bicyclic) bond motifs is 1. The van der Waals surface area contributed by atoms with Crippen molar-refractivity contribution in [3.05, 3.63) is 111 Å². The third kappa shape index (κ3) is 10.6. The standard InChI is InChI=1S/C54H64ClN9O7S/c1-31(33-13-15-34(16-14-33)45-32(2)57-30-72-45)58-47(67)43-24-37(65)27-63(43)49(69)46(52(3,4)5)59-44(66)29-70-22-12-11-21-62-28-42(60-61-62)35-17-19-39-36(23-35)26-64(48(39)68)50-53(6,7)51(54(50,8)9)71-38-18-20-41(56-10)40(55)25-38/h13-20,23,25,28,30-31,37,43,46,50-51,65H,11-12,21-22,24,26-27,29H2,1-9H3,(H,58,67)(H,59,66)/t31-,37-,43-,46+,50?,51?/m0/s1. The van der Waals surface area contributed by atoms with E-state index in [9.17, 15) is 24.3 Å². The summed E-state index contributed by atoms with van der Waals surface area (Å²) in [5.41, 5.74) is 6.76. The van der Waals surface area contributed by atoms with Crippen molar-refractivity contribution in [3.8, 4) is 27.4 Å². The molecule has 380 valence electrons. The number of nitrogens with zero attached hydrogens (tertiary/aromatic N) is 7. The number of thiazole rings is 1. The number of nitrogens with one attached hydrogen (secondary N) is 2. The van der Waals surface area contributed by atoms with Crippen molar-refractivity contribution >= 4 is 52.3 Å². The van der Waals surface area contributed by atoms with Gasteiger partial charge >= 0.3 is 0 Å². The fourth-order valence-corrected chi connectivity index (χ4v) is 12.1. The molecule has 72 heavy (non-hydrogen) atoms. The maximum absolute atomic E-state index is 14.1. The Kier molecular flexibility index (Phi) is 15.0. The van der Waals surface area contributed by atoms with Gasteiger partial charge in [0.1, 0.15) is 36.2 Å². The highest BCUT2D eigenvalue weighted by atomic mass is 35.5. The van der Waals surface area contributed by atoms with Gasteiger partial charge < -0.3 is 35.0 Å². The van der Waals surface area contributed by atoms with Crippen molar-refractivity contribution in [1.29, 1.82) is 0 Å². The summed E-state index contributed by atoms with van der Waals surface area (Å²) in [6.07, 6.45) is 2.22. The van der Waals surface area contributed by atoms with Crippen LogP contribution in [-0.2, 0) is 32.2 Å². The number of halogens is 1. The number of unbranched alkanes of at least 4 members (excludes halogenated alkanes) is 1. The molecule has 3 aromatic carbocycles. The number of aromatic nitrogens is 4. The third-order valence-corrected chi connectivity index (χ3v) is 15.6. The highest BCUT2D eigenvalue weighted by Gasteiger charge is 2.67. The summed E-state index contributed by atoms with van der Waals surface area (Å²) in [5, 5.41) is 25.7. The number of aryl methyl sites for hydroxylation is 2. The Balaban J connectivity index is 0.787. The van der Waals surface area contributed by atoms with E-state index in [0.29, 0.717) is 60.3 Å². The van der Waals surface area contributed by atoms with E-state index in [1.165, 1.54) is 4.90 Å². The zero-order valence-corrected chi connectivity index (χ0v) is 43.9. The van der Waals surface area contributed by atoms with Gasteiger partial charge in [-0.3, -0.25) is 23.9 Å². The maximum Gasteiger partial charge on any atom is 0.254 e. The molecule has 4 heterocycles. The minimum absolute atomic E-state index is 0.0128. The van der Waals surface area contributed by atoms with E-state index in [-0.39, 0.29) is 60.4 Å². The molecule has 2 aliphatic heterocycles. The lowest BCUT2D eigenvalue weighted by molar-refractivity contribution is -0.199. The number of benzene rings is 3. The van der Waals surface area contributed by atoms with Crippen LogP contribution < -0.4 is 15.4 Å². The van der Waals surface area contributed by atoms with E-state index >= 15 is 0 Å². The lowest BCUT2D eigenvalue weighted by Crippen LogP contribution is -2.74. The van der Waals surface area contributed by atoms with Gasteiger partial charge in [0.25, 0.3) is 5.91 Å². The number of hydrogen-bond acceptors (Lipinski definition) is 11. The van der Waals surface area contributed by atoms with Crippen LogP contribution in [0.25, 0.3) is 26.5 Å². The summed E-state index contributed by atoms with van der Waals surface area (Å²) in [7, 11) is 0. The lowest BCUT2D eigenvalue weighted by Gasteiger charge is -2.65. The molecule has 1 aliphatic carbocycles. The van der Waals surface area contributed by atoms with Crippen LogP contribution >= 0.6 is 22.9 Å². The molecular weight excluding hydrogens is 954 g/mol. The predicted octanol–water partition coefficient (Wildman–Crippen LogP) is 8.59. The number of aliphatic hydroxyl groups is 1. The Morgan fingerprint density at radius 2 is 1.74 bits per heavy atom. The van der Waals surface area contributed by atoms with Gasteiger partial charge in [-0.25, -0.2) is 9.83 Å². The van der Waals surface area contributed by atoms with E-state index in [4.69, 9.17) is 27.6 Å². The number of hydrogen-bond donors (Lipinski definition) is 3. The topological polar surface area (TPSA) is 185 Å². The minimum Gasteiger partial charge on any atom is -0.489 e. The molecule has 0 bridgehead atoms. The highest BCUT2D eigenvalue weighted by Crippen LogP contribution is 2.59. The van der Waals surface area contributed by atoms with Gasteiger partial charge in [-0.1, -0.05) is 102 Å². The molecule has 1 saturated heterocycles. The van der Waals surface area contributed by atoms with Gasteiger partial charge in [0, 0.05) is 60.7 Å². The van der Waals surface area contributed by atoms with E-state index in [2.05, 4.69) is 58.5 Å². The molecule has 5 aromatic rings. The zero-order chi connectivity index (χ0) is 51.9. The molecule has 8 rings (SSSR count). The SMILES string of the molecule is [C-]#[N+]c1ccc(OC2C(C)(C)C(N3Cc4cc(-c5cn(CCCCOCC(=O)N[C@H](C(=O)N6C[C@@H](O)C[C@H]6C(=O)N[C@@H](C)c6ccc(-c7scnc7C)cc6)C(C)(C)C)nn5)ccc4C3=O)C2(C)C)cc1Cl. The van der Waals surface area contributed by atoms with Gasteiger partial charge in [-0.05, 0) is 73.1 Å². The van der Waals surface area contributed by atoms with Crippen LogP contribution in [0.4, 0.5) is 5.69 Å². The second kappa shape index (κ2) is 20.7. The van der Waals surface area contributed by atoms with Crippen LogP contribution in [0.1, 0.15) is 108 Å². The molecule has 3 N–H and O–H groups in total. The summed E-state index contributed by atoms with van der Waals surface area (Å²) in [5.74, 6) is -0.697. The molecule has 4 atom stereocenters. The fourth-order valence-electron chi connectivity index (χ4n) is 11.1. The van der Waals surface area contributed by atoms with Crippen LogP contribution in [0, 0.1) is 29.7 Å². The molecule has 0 radical (unpaired) electrons. The van der Waals surface area contributed by atoms with E-state index in [0.717, 1.165) is 32.8 Å². The number of carbonyl (C=O) groups excluding carboxylic acids is 4. The first-order chi connectivity index (χ1) is 34.1. The molecule has 2 aromatic heterocycles. The lowest BCUT2D eigenvalue weighted by atomic mass is 9.49. The Bertz CT molecular complexity index is 2870. The largest absolute Gasteiger partial charge is 0.489 e. The molecule has 0 unspecified atom stereocenters. The van der Waals surface area contributed by atoms with E-state index in [1.54, 1.807) is 34.2 Å². The van der Waals surface area contributed by atoms with Crippen molar-refractivity contribution in [3.63, 3.8) is 0 Å². The van der Waals surface area contributed by atoms with Gasteiger partial charge in [0.15, 0.2) is 0 Å². The summed E-state index contributed by atoms with van der Waals surface area (Å²) >= 11 is 7.88. The predicted molar refractivity (Wildman–Crippen MR) is 275 cm³/mol. The van der Waals surface area contributed by atoms with E-state index < -0.39 is 35.4 Å². The quantitative estimate of drug-likeness (QED) is 0.0602. The highest BCUT2D eigenvalue weighted by molar-refractivity contribution is 7.13. The number of aliphatic hydroxyl groups excluding tert-OH is 1. The van der Waals surface area contributed by atoms with Crippen molar-refractivity contribution in [1.82, 2.24) is 40.4 Å². The second-order valence-corrected chi connectivity index (χ2v) is 22.8. The number of β-amino-alcohol motifs (C(OH)–C–C–N with tert-alkyl or cyclic N) is 1. The number of rotatable bonds is 17. The Morgan fingerprint density at radius 3 is 2.40 bits per heavy atom. The normalized spacial score (nSPS) is 20.8. The van der Waals surface area contributed by atoms with Crippen molar-refractivity contribution in [2.24, 2.45) is 16.2 Å². The molecular formula is C54H64ClN9O7S. The average molecular weight is 1020 g/mol. The Labute approximate surface area is 430 Å². The van der Waals surface area contributed by atoms with Gasteiger partial charge in [0.05, 0.1) is 46.0 Å². The number of carbonyl (C=O) groups is 4. The van der Waals surface area contributed by atoms with Gasteiger partial charge in [0.2, 0.25) is 23.4 Å². The first kappa shape index (κ1) is 52.1. The average Bonchev–Trinajstić information content (AvgIpc) is 4.14. The number of amides is 4. The van der Waals surface area contributed by atoms with Crippen LogP contribution in [0.5, 0.6) is 5.75 Å². The van der Waals surface area contributed by atoms with Crippen LogP contribution in [0.2, 0.25) is 5.02 Å². The Morgan fingerprint density at radius 1 is 1.01 bits per heavy atom. The molecule has 0 spiro atoms. The van der Waals surface area contributed by atoms with E-state index in [1.807, 2.05) is 93.7 Å². The molecule has 3 aliphatic rings. The summed E-state index contributed by atoms with van der Waals surface area (Å²) < 4.78 is 14.0. The molecule has 2 fully saturated rings. The summed E-state index contributed by atoms with van der Waals surface area (Å²) in [4.78, 5) is 67.2. The van der Waals surface area contributed by atoms with Crippen LogP contribution in [0.15, 0.2) is 72.4 Å². The van der Waals surface area contributed by atoms with Crippen LogP contribution in [0.3, 0.4) is 0 Å². The fraction of sp³-hybridized carbons (Fsp3) is 0.481. The van der Waals surface area contributed by atoms with Crippen LogP contribution in [-0.4, -0.2) is 109 Å². The second-order valence-electron chi connectivity index (χ2n) is 21.6. The Hall–Kier alpha value is -6.19. The van der Waals surface area contributed by atoms with Gasteiger partial charge in [-0.2, -0.15) is 0 Å². The number of likely N-dealkylation sites (tertiary alicyclic amines) is 1. The van der Waals surface area contributed by atoms with Crippen molar-refractivity contribution in [2.75, 3.05) is 19.8 Å². The molecule has 18 heteroatoms. The minimum atomic E-state index is -0.973. The maximum atomic E-state index is 14.1. The van der Waals surface area contributed by atoms with Crippen molar-refractivity contribution < 1.29 is 33.8 Å². The molecule has 1 saturated carbocycles. The summed E-state index contributed by atoms with van der Waals surface area (Å²) in [6.45, 7) is 26.2. The monoisotopic (exact) mass is 1020 g/mol. The van der Waals surface area contributed by atoms with Gasteiger partial charge in [-0.15, -0.1) is 16.4 Å². The molecule has 16 nitrogen and oxygen atoms in total. The first-order valence-electron chi connectivity index (χ1n) is 24.4. The first-order valence-corrected chi connectivity index (χ1v) is 25.7. The zero-order valence-electron chi connectivity index (χ0n) is 42.4.